The van der Waals surface area contributed by atoms with Crippen LogP contribution in [0.5, 0.6) is 11.6 Å². The normalized spacial score (nSPS) is 10.8. The smallest absolute Gasteiger partial charge is 0.255 e. The molecule has 6 heteroatoms. The summed E-state index contributed by atoms with van der Waals surface area (Å²) >= 11 is 0. The number of rotatable bonds is 6. The van der Waals surface area contributed by atoms with Gasteiger partial charge in [0.2, 0.25) is 5.88 Å². The van der Waals surface area contributed by atoms with Crippen LogP contribution in [-0.4, -0.2) is 15.9 Å². The molecule has 0 aliphatic rings. The van der Waals surface area contributed by atoms with Crippen LogP contribution in [0.3, 0.4) is 0 Å². The van der Waals surface area contributed by atoms with Crippen LogP contribution in [0, 0.1) is 5.82 Å². The number of carbonyl (C=O) groups excluding carboxylic acids is 1. The summed E-state index contributed by atoms with van der Waals surface area (Å²) in [4.78, 5) is 21.3. The van der Waals surface area contributed by atoms with Crippen LogP contribution >= 0.6 is 0 Å². The number of ether oxygens (including phenoxy) is 1. The first-order chi connectivity index (χ1) is 15.5. The van der Waals surface area contributed by atoms with Crippen molar-refractivity contribution in [3.63, 3.8) is 0 Å². The van der Waals surface area contributed by atoms with Crippen LogP contribution in [0.15, 0.2) is 85.1 Å². The number of nitrogens with zero attached hydrogens (tertiary/aromatic N) is 2. The molecular weight excluding hydrogens is 405 g/mol. The lowest BCUT2D eigenvalue weighted by Gasteiger charge is -2.10. The van der Waals surface area contributed by atoms with E-state index in [-0.39, 0.29) is 11.7 Å². The molecule has 0 unspecified atom stereocenters. The average molecular weight is 427 g/mol. The summed E-state index contributed by atoms with van der Waals surface area (Å²) in [6.07, 6.45) is 1.57. The predicted octanol–water partition coefficient (Wildman–Crippen LogP) is 6.45. The lowest BCUT2D eigenvalue weighted by molar-refractivity contribution is 0.102. The first-order valence-corrected chi connectivity index (χ1v) is 10.3. The fraction of sp³-hybridized carbons (Fsp3) is 0.115. The number of nitrogens with one attached hydrogen (secondary N) is 1. The van der Waals surface area contributed by atoms with Gasteiger partial charge in [0.1, 0.15) is 11.6 Å². The summed E-state index contributed by atoms with van der Waals surface area (Å²) in [6, 6.07) is 22.2. The Kier molecular flexibility index (Phi) is 6.22. The van der Waals surface area contributed by atoms with E-state index in [2.05, 4.69) is 29.1 Å². The van der Waals surface area contributed by atoms with E-state index in [0.717, 1.165) is 5.69 Å². The van der Waals surface area contributed by atoms with Crippen LogP contribution < -0.4 is 10.1 Å². The van der Waals surface area contributed by atoms with Crippen LogP contribution in [0.1, 0.15) is 35.7 Å². The molecule has 5 nitrogen and oxygen atoms in total. The van der Waals surface area contributed by atoms with Gasteiger partial charge < -0.3 is 10.1 Å². The number of anilines is 1. The molecule has 0 aliphatic carbocycles. The van der Waals surface area contributed by atoms with Gasteiger partial charge in [-0.05, 0) is 66.1 Å². The summed E-state index contributed by atoms with van der Waals surface area (Å²) in [5.74, 6) is 1.08. The van der Waals surface area contributed by atoms with Gasteiger partial charge in [-0.3, -0.25) is 4.79 Å². The largest absolute Gasteiger partial charge is 0.439 e. The van der Waals surface area contributed by atoms with Gasteiger partial charge in [-0.15, -0.1) is 0 Å². The van der Waals surface area contributed by atoms with Gasteiger partial charge in [0, 0.05) is 29.1 Å². The second-order valence-electron chi connectivity index (χ2n) is 7.59. The minimum Gasteiger partial charge on any atom is -0.439 e. The Balaban J connectivity index is 1.47. The summed E-state index contributed by atoms with van der Waals surface area (Å²) in [6.45, 7) is 4.25. The van der Waals surface area contributed by atoms with Gasteiger partial charge in [0.15, 0.2) is 5.82 Å². The number of carbonyl (C=O) groups is 1. The molecule has 1 aromatic heterocycles. The summed E-state index contributed by atoms with van der Waals surface area (Å²) in [5.41, 5.74) is 3.07. The SMILES string of the molecule is CC(C)c1ccc(NC(=O)c2cccc(Oc3ccnc(-c4ccc(F)cc4)n3)c2)cc1. The Morgan fingerprint density at radius 2 is 1.72 bits per heavy atom. The van der Waals surface area contributed by atoms with E-state index in [1.165, 1.54) is 17.7 Å². The minimum absolute atomic E-state index is 0.234. The first-order valence-electron chi connectivity index (χ1n) is 10.3. The van der Waals surface area contributed by atoms with Gasteiger partial charge in [-0.25, -0.2) is 9.37 Å². The number of hydrogen-bond acceptors (Lipinski definition) is 4. The topological polar surface area (TPSA) is 64.1 Å². The molecule has 32 heavy (non-hydrogen) atoms. The molecule has 0 fully saturated rings. The second-order valence-corrected chi connectivity index (χ2v) is 7.59. The Labute approximate surface area is 185 Å². The second kappa shape index (κ2) is 9.39. The van der Waals surface area contributed by atoms with E-state index >= 15 is 0 Å². The molecule has 160 valence electrons. The quantitative estimate of drug-likeness (QED) is 0.384. The van der Waals surface area contributed by atoms with Crippen molar-refractivity contribution in [1.29, 1.82) is 0 Å². The fourth-order valence-corrected chi connectivity index (χ4v) is 3.11. The zero-order valence-corrected chi connectivity index (χ0v) is 17.7. The van der Waals surface area contributed by atoms with Crippen molar-refractivity contribution in [3.8, 4) is 23.0 Å². The van der Waals surface area contributed by atoms with Crippen molar-refractivity contribution >= 4 is 11.6 Å². The highest BCUT2D eigenvalue weighted by molar-refractivity contribution is 6.04. The Morgan fingerprint density at radius 1 is 0.969 bits per heavy atom. The molecule has 1 amide bonds. The highest BCUT2D eigenvalue weighted by atomic mass is 19.1. The Morgan fingerprint density at radius 3 is 2.44 bits per heavy atom. The van der Waals surface area contributed by atoms with E-state index in [9.17, 15) is 9.18 Å². The molecule has 4 rings (SSSR count). The van der Waals surface area contributed by atoms with Crippen LogP contribution in [0.25, 0.3) is 11.4 Å². The van der Waals surface area contributed by atoms with Gasteiger partial charge in [0.25, 0.3) is 5.91 Å². The van der Waals surface area contributed by atoms with Gasteiger partial charge in [-0.2, -0.15) is 4.98 Å². The van der Waals surface area contributed by atoms with E-state index in [1.54, 1.807) is 48.7 Å². The highest BCUT2D eigenvalue weighted by Crippen LogP contribution is 2.24. The van der Waals surface area contributed by atoms with Gasteiger partial charge in [-0.1, -0.05) is 32.0 Å². The number of aromatic nitrogens is 2. The van der Waals surface area contributed by atoms with Gasteiger partial charge >= 0.3 is 0 Å². The van der Waals surface area contributed by atoms with E-state index in [4.69, 9.17) is 4.74 Å². The maximum atomic E-state index is 13.2. The standard InChI is InChI=1S/C26H22FN3O2/c1-17(2)18-8-12-22(13-9-18)29-26(31)20-4-3-5-23(16-20)32-24-14-15-28-25(30-24)19-6-10-21(27)11-7-19/h3-17H,1-2H3,(H,29,31). The monoisotopic (exact) mass is 427 g/mol. The van der Waals surface area contributed by atoms with Crippen molar-refractivity contribution < 1.29 is 13.9 Å². The minimum atomic E-state index is -0.327. The first kappa shape index (κ1) is 21.2. The molecule has 0 spiro atoms. The van der Waals surface area contributed by atoms with Crippen molar-refractivity contribution in [2.75, 3.05) is 5.32 Å². The molecule has 4 aromatic rings. The lowest BCUT2D eigenvalue weighted by Crippen LogP contribution is -2.11. The Bertz CT molecular complexity index is 1220. The molecule has 0 saturated heterocycles. The maximum Gasteiger partial charge on any atom is 0.255 e. The van der Waals surface area contributed by atoms with Crippen LogP contribution in [0.2, 0.25) is 0 Å². The van der Waals surface area contributed by atoms with Crippen molar-refractivity contribution in [2.45, 2.75) is 19.8 Å². The number of benzene rings is 3. The third-order valence-electron chi connectivity index (χ3n) is 4.89. The zero-order chi connectivity index (χ0) is 22.5. The number of halogens is 1. The third kappa shape index (κ3) is 5.16. The zero-order valence-electron chi connectivity index (χ0n) is 17.7. The van der Waals surface area contributed by atoms with Crippen molar-refractivity contribution in [1.82, 2.24) is 9.97 Å². The summed E-state index contributed by atoms with van der Waals surface area (Å²) < 4.78 is 19.0. The lowest BCUT2D eigenvalue weighted by atomic mass is 10.0. The summed E-state index contributed by atoms with van der Waals surface area (Å²) in [5, 5.41) is 2.90. The van der Waals surface area contributed by atoms with Crippen LogP contribution in [-0.2, 0) is 0 Å². The van der Waals surface area contributed by atoms with Crippen molar-refractivity contribution in [2.24, 2.45) is 0 Å². The average Bonchev–Trinajstić information content (AvgIpc) is 2.80. The molecule has 0 aliphatic heterocycles. The van der Waals surface area contributed by atoms with E-state index in [0.29, 0.717) is 34.5 Å². The molecule has 3 aromatic carbocycles. The predicted molar refractivity (Wildman–Crippen MR) is 122 cm³/mol. The maximum absolute atomic E-state index is 13.2. The molecule has 0 saturated carbocycles. The van der Waals surface area contributed by atoms with Gasteiger partial charge in [0.05, 0.1) is 0 Å². The molecular formula is C26H22FN3O2. The number of hydrogen-bond donors (Lipinski definition) is 1. The summed E-state index contributed by atoms with van der Waals surface area (Å²) in [7, 11) is 0. The van der Waals surface area contributed by atoms with Crippen LogP contribution in [0.4, 0.5) is 10.1 Å². The molecule has 0 radical (unpaired) electrons. The van der Waals surface area contributed by atoms with Crippen molar-refractivity contribution in [3.05, 3.63) is 102 Å². The number of amides is 1. The molecule has 1 N–H and O–H groups in total. The van der Waals surface area contributed by atoms with E-state index < -0.39 is 0 Å². The molecule has 1 heterocycles. The molecule has 0 bridgehead atoms. The third-order valence-corrected chi connectivity index (χ3v) is 4.89. The fourth-order valence-electron chi connectivity index (χ4n) is 3.11. The highest BCUT2D eigenvalue weighted by Gasteiger charge is 2.10. The van der Waals surface area contributed by atoms with E-state index in [1.807, 2.05) is 24.3 Å². The Hall–Kier alpha value is -4.06. The molecule has 0 atom stereocenters.